The van der Waals surface area contributed by atoms with Gasteiger partial charge in [-0.25, -0.2) is 4.98 Å². The van der Waals surface area contributed by atoms with Crippen LogP contribution in [0.1, 0.15) is 48.1 Å². The quantitative estimate of drug-likeness (QED) is 0.548. The van der Waals surface area contributed by atoms with E-state index in [1.165, 1.54) is 0 Å². The van der Waals surface area contributed by atoms with Gasteiger partial charge in [0.1, 0.15) is 11.6 Å². The predicted molar refractivity (Wildman–Crippen MR) is 133 cm³/mol. The molecule has 2 heterocycles. The summed E-state index contributed by atoms with van der Waals surface area (Å²) in [7, 11) is 0. The summed E-state index contributed by atoms with van der Waals surface area (Å²) in [4.78, 5) is 17.3. The van der Waals surface area contributed by atoms with E-state index in [4.69, 9.17) is 4.74 Å². The third-order valence-corrected chi connectivity index (χ3v) is 5.51. The summed E-state index contributed by atoms with van der Waals surface area (Å²) < 4.78 is 7.91. The van der Waals surface area contributed by atoms with E-state index < -0.39 is 0 Å². The maximum atomic E-state index is 12.7. The molecular weight excluding hydrogens is 412 g/mol. The molecule has 170 valence electrons. The van der Waals surface area contributed by atoms with Crippen LogP contribution in [-0.4, -0.2) is 28.1 Å². The summed E-state index contributed by atoms with van der Waals surface area (Å²) in [5.74, 6) is 1.64. The topological polar surface area (TPSA) is 68.2 Å². The average Bonchev–Trinajstić information content (AvgIpc) is 3.23. The lowest BCUT2D eigenvalue weighted by Gasteiger charge is -2.18. The van der Waals surface area contributed by atoms with Crippen molar-refractivity contribution in [2.45, 2.75) is 40.0 Å². The van der Waals surface area contributed by atoms with Crippen molar-refractivity contribution in [1.29, 1.82) is 0 Å². The number of benzene rings is 2. The smallest absolute Gasteiger partial charge is 0.255 e. The van der Waals surface area contributed by atoms with E-state index in [9.17, 15) is 4.79 Å². The van der Waals surface area contributed by atoms with Crippen molar-refractivity contribution in [1.82, 2.24) is 20.2 Å². The minimum Gasteiger partial charge on any atom is -0.491 e. The van der Waals surface area contributed by atoms with Gasteiger partial charge in [-0.3, -0.25) is 4.79 Å². The van der Waals surface area contributed by atoms with E-state index in [0.717, 1.165) is 59.3 Å². The number of ether oxygens (including phenoxy) is 1. The summed E-state index contributed by atoms with van der Waals surface area (Å²) in [6.07, 6.45) is 5.83. The first-order valence-electron chi connectivity index (χ1n) is 11.2. The number of carbonyl (C=O) groups excluding carboxylic acids is 1. The molecule has 2 aromatic carbocycles. The van der Waals surface area contributed by atoms with Crippen molar-refractivity contribution in [2.24, 2.45) is 0 Å². The first-order valence-corrected chi connectivity index (χ1v) is 11.2. The van der Waals surface area contributed by atoms with E-state index in [1.807, 2.05) is 51.3 Å². The average molecular weight is 443 g/mol. The number of amides is 1. The lowest BCUT2D eigenvalue weighted by atomic mass is 10.0. The van der Waals surface area contributed by atoms with Crippen LogP contribution in [0.15, 0.2) is 60.9 Å². The Morgan fingerprint density at radius 2 is 2.00 bits per heavy atom. The van der Waals surface area contributed by atoms with Crippen molar-refractivity contribution in [3.63, 3.8) is 0 Å². The standard InChI is InChI=1S/C27H30N4O2/c1-5-20-6-7-22(25-16-29-26-17-28-12-13-31(25)26)15-23(20)14-19(4)30-27(32)21-8-10-24(11-9-21)33-18(2)3/h5-11,14-16,18,28H,1,12-13,17H2,2-4H3,(H,30,32)/b19-14+. The molecule has 1 aromatic heterocycles. The highest BCUT2D eigenvalue weighted by molar-refractivity contribution is 5.96. The van der Waals surface area contributed by atoms with Gasteiger partial charge in [0, 0.05) is 29.9 Å². The molecule has 0 radical (unpaired) electrons. The Bertz CT molecular complexity index is 1190. The van der Waals surface area contributed by atoms with E-state index in [-0.39, 0.29) is 12.0 Å². The molecule has 4 rings (SSSR count). The van der Waals surface area contributed by atoms with Crippen molar-refractivity contribution in [2.75, 3.05) is 6.54 Å². The fourth-order valence-corrected chi connectivity index (χ4v) is 3.95. The molecule has 0 atom stereocenters. The van der Waals surface area contributed by atoms with Crippen LogP contribution < -0.4 is 15.4 Å². The molecule has 33 heavy (non-hydrogen) atoms. The lowest BCUT2D eigenvalue weighted by Crippen LogP contribution is -2.28. The van der Waals surface area contributed by atoms with Gasteiger partial charge in [0.05, 0.1) is 24.5 Å². The number of fused-ring (bicyclic) bond motifs is 1. The molecule has 0 spiro atoms. The number of aromatic nitrogens is 2. The third kappa shape index (κ3) is 5.23. The van der Waals surface area contributed by atoms with Gasteiger partial charge in [-0.15, -0.1) is 0 Å². The minimum atomic E-state index is -0.159. The fraction of sp³-hybridized carbons (Fsp3) is 0.259. The maximum Gasteiger partial charge on any atom is 0.255 e. The highest BCUT2D eigenvalue weighted by Crippen LogP contribution is 2.26. The number of rotatable bonds is 7. The van der Waals surface area contributed by atoms with Gasteiger partial charge in [-0.2, -0.15) is 0 Å². The van der Waals surface area contributed by atoms with Gasteiger partial charge in [-0.05, 0) is 68.3 Å². The van der Waals surface area contributed by atoms with Gasteiger partial charge in [0.2, 0.25) is 0 Å². The Labute approximate surface area is 195 Å². The highest BCUT2D eigenvalue weighted by atomic mass is 16.5. The molecule has 0 saturated heterocycles. The molecule has 6 heteroatoms. The molecule has 0 unspecified atom stereocenters. The Hall–Kier alpha value is -3.64. The van der Waals surface area contributed by atoms with Crippen LogP contribution in [0.5, 0.6) is 5.75 Å². The van der Waals surface area contributed by atoms with Crippen LogP contribution in [0.25, 0.3) is 23.4 Å². The van der Waals surface area contributed by atoms with Crippen molar-refractivity contribution in [3.05, 3.63) is 83.5 Å². The number of carbonyl (C=O) groups is 1. The first kappa shape index (κ1) is 22.6. The molecule has 6 nitrogen and oxygen atoms in total. The van der Waals surface area contributed by atoms with E-state index >= 15 is 0 Å². The second kappa shape index (κ2) is 9.88. The number of hydrogen-bond acceptors (Lipinski definition) is 4. The van der Waals surface area contributed by atoms with Gasteiger partial charge in [-0.1, -0.05) is 24.8 Å². The predicted octanol–water partition coefficient (Wildman–Crippen LogP) is 4.87. The van der Waals surface area contributed by atoms with Gasteiger partial charge < -0.3 is 19.9 Å². The molecule has 1 aliphatic heterocycles. The van der Waals surface area contributed by atoms with Gasteiger partial charge in [0.25, 0.3) is 5.91 Å². The van der Waals surface area contributed by atoms with Crippen LogP contribution >= 0.6 is 0 Å². The number of hydrogen-bond donors (Lipinski definition) is 2. The Balaban J connectivity index is 1.55. The van der Waals surface area contributed by atoms with Gasteiger partial charge in [0.15, 0.2) is 0 Å². The summed E-state index contributed by atoms with van der Waals surface area (Å²) in [5.41, 5.74) is 5.51. The Morgan fingerprint density at radius 3 is 2.73 bits per heavy atom. The SMILES string of the molecule is C=Cc1ccc(-c2cnc3n2CCNC3)cc1/C=C(\C)NC(=O)c1ccc(OC(C)C)cc1. The monoisotopic (exact) mass is 442 g/mol. The summed E-state index contributed by atoms with van der Waals surface area (Å²) in [5, 5.41) is 6.33. The maximum absolute atomic E-state index is 12.7. The van der Waals surface area contributed by atoms with Crippen molar-refractivity contribution < 1.29 is 9.53 Å². The van der Waals surface area contributed by atoms with Crippen molar-refractivity contribution in [3.8, 4) is 17.0 Å². The molecule has 2 N–H and O–H groups in total. The first-order chi connectivity index (χ1) is 15.9. The van der Waals surface area contributed by atoms with Crippen molar-refractivity contribution >= 4 is 18.1 Å². The molecule has 0 bridgehead atoms. The molecule has 3 aromatic rings. The summed E-state index contributed by atoms with van der Waals surface area (Å²) in [6.45, 7) is 12.4. The second-order valence-electron chi connectivity index (χ2n) is 8.41. The van der Waals surface area contributed by atoms with E-state index in [1.54, 1.807) is 12.1 Å². The largest absolute Gasteiger partial charge is 0.491 e. The summed E-state index contributed by atoms with van der Waals surface area (Å²) in [6, 6.07) is 13.4. The number of allylic oxidation sites excluding steroid dienone is 1. The molecular formula is C27H30N4O2. The third-order valence-electron chi connectivity index (χ3n) is 5.51. The fourth-order valence-electron chi connectivity index (χ4n) is 3.95. The number of nitrogens with one attached hydrogen (secondary N) is 2. The molecule has 0 aliphatic carbocycles. The van der Waals surface area contributed by atoms with Crippen LogP contribution in [0.3, 0.4) is 0 Å². The molecule has 1 amide bonds. The Morgan fingerprint density at radius 1 is 1.21 bits per heavy atom. The normalized spacial score (nSPS) is 13.5. The Kier molecular flexibility index (Phi) is 6.75. The number of nitrogens with zero attached hydrogens (tertiary/aromatic N) is 2. The lowest BCUT2D eigenvalue weighted by molar-refractivity contribution is 0.0966. The van der Waals surface area contributed by atoms with Crippen LogP contribution in [0.4, 0.5) is 0 Å². The zero-order chi connectivity index (χ0) is 23.4. The second-order valence-corrected chi connectivity index (χ2v) is 8.41. The zero-order valence-electron chi connectivity index (χ0n) is 19.4. The van der Waals surface area contributed by atoms with E-state index in [2.05, 4.69) is 45.0 Å². The molecule has 0 fully saturated rings. The zero-order valence-corrected chi connectivity index (χ0v) is 19.4. The minimum absolute atomic E-state index is 0.0920. The highest BCUT2D eigenvalue weighted by Gasteiger charge is 2.15. The molecule has 0 saturated carbocycles. The number of imidazole rings is 1. The van der Waals surface area contributed by atoms with Crippen LogP contribution in [0.2, 0.25) is 0 Å². The molecule has 1 aliphatic rings. The summed E-state index contributed by atoms with van der Waals surface area (Å²) >= 11 is 0. The van der Waals surface area contributed by atoms with Gasteiger partial charge >= 0.3 is 0 Å². The van der Waals surface area contributed by atoms with Crippen LogP contribution in [0, 0.1) is 0 Å². The van der Waals surface area contributed by atoms with Crippen LogP contribution in [-0.2, 0) is 13.1 Å². The van der Waals surface area contributed by atoms with E-state index in [0.29, 0.717) is 5.56 Å².